The summed E-state index contributed by atoms with van der Waals surface area (Å²) in [6.45, 7) is 10.1. The second-order valence-corrected chi connectivity index (χ2v) is 15.1. The van der Waals surface area contributed by atoms with Gasteiger partial charge in [0.25, 0.3) is 0 Å². The van der Waals surface area contributed by atoms with Crippen LogP contribution < -0.4 is 0 Å². The maximum atomic E-state index is 12.2. The number of rotatable bonds is 32. The molecule has 0 amide bonds. The van der Waals surface area contributed by atoms with E-state index in [9.17, 15) is 14.4 Å². The number of allylic oxidation sites excluding steroid dienone is 14. The van der Waals surface area contributed by atoms with Gasteiger partial charge in [-0.3, -0.25) is 14.4 Å². The van der Waals surface area contributed by atoms with Gasteiger partial charge in [0, 0.05) is 20.3 Å². The standard InChI is InChI=1S/C49H78O6/c1-6-8-10-12-13-14-15-16-17-18-19-20-21-22-23-24-25-26-30-34-40-53-49(52)37-33-29-28-32-36-46-42(3)41-48(55-44(5)51)47(46)39-38-45(54-43(4)50)35-31-27-11-9-7-2/h8,10,13-14,16-17,19-20,22-23,25-26,28,32,42,45-48H,6-7,9,11-12,15,18,21,24,27,29-31,33-41H2,1-5H3/b10-8-,14-13-,17-16-,20-19-,23-22-,26-25-,32-28-/t42-,45-,46-,47+,48+/m0/s1. The van der Waals surface area contributed by atoms with Crippen molar-refractivity contribution in [3.63, 3.8) is 0 Å². The van der Waals surface area contributed by atoms with E-state index in [1.54, 1.807) is 0 Å². The van der Waals surface area contributed by atoms with Gasteiger partial charge in [0.05, 0.1) is 6.61 Å². The third kappa shape index (κ3) is 28.6. The highest BCUT2D eigenvalue weighted by Crippen LogP contribution is 2.44. The molecule has 0 aromatic rings. The molecule has 0 spiro atoms. The molecule has 1 aliphatic rings. The van der Waals surface area contributed by atoms with Crippen LogP contribution in [0.4, 0.5) is 0 Å². The molecule has 1 rings (SSSR count). The van der Waals surface area contributed by atoms with Gasteiger partial charge >= 0.3 is 17.9 Å². The molecule has 0 aromatic heterocycles. The zero-order chi connectivity index (χ0) is 40.2. The van der Waals surface area contributed by atoms with Crippen LogP contribution in [0.25, 0.3) is 0 Å². The Hall–Kier alpha value is -3.41. The molecule has 5 atom stereocenters. The number of unbranched alkanes of at least 4 members (excludes halogenated alkanes) is 6. The molecule has 6 heteroatoms. The SMILES string of the molecule is CC/C=C\C/C=C\C/C=C\C/C=C\C/C=C\C/C=C\CCCOC(=O)CCC/C=C\C[C@@H]1[C@@H](CC[C@H](CCCCCCC)OC(C)=O)[C@H](OC(C)=O)C[C@@H]1C. The summed E-state index contributed by atoms with van der Waals surface area (Å²) in [5.41, 5.74) is 0. The van der Waals surface area contributed by atoms with E-state index in [1.165, 1.54) is 39.5 Å². The average molecular weight is 763 g/mol. The molecule has 6 nitrogen and oxygen atoms in total. The summed E-state index contributed by atoms with van der Waals surface area (Å²) < 4.78 is 17.0. The predicted octanol–water partition coefficient (Wildman–Crippen LogP) is 13.4. The zero-order valence-corrected chi connectivity index (χ0v) is 35.5. The maximum Gasteiger partial charge on any atom is 0.305 e. The van der Waals surface area contributed by atoms with Gasteiger partial charge in [-0.1, -0.05) is 132 Å². The van der Waals surface area contributed by atoms with E-state index in [1.807, 2.05) is 0 Å². The Labute approximate surface area is 336 Å². The monoisotopic (exact) mass is 763 g/mol. The average Bonchev–Trinajstić information content (AvgIpc) is 3.44. The molecule has 0 aliphatic heterocycles. The topological polar surface area (TPSA) is 78.9 Å². The molecule has 1 fully saturated rings. The fourth-order valence-corrected chi connectivity index (χ4v) is 7.25. The maximum absolute atomic E-state index is 12.2. The van der Waals surface area contributed by atoms with E-state index in [0.717, 1.165) is 103 Å². The number of esters is 3. The van der Waals surface area contributed by atoms with Crippen LogP contribution in [0, 0.1) is 17.8 Å². The normalized spacial score (nSPS) is 19.7. The molecular formula is C49H78O6. The van der Waals surface area contributed by atoms with Gasteiger partial charge in [-0.25, -0.2) is 0 Å². The molecule has 0 saturated heterocycles. The highest BCUT2D eigenvalue weighted by atomic mass is 16.5. The van der Waals surface area contributed by atoms with Gasteiger partial charge in [0.2, 0.25) is 0 Å². The van der Waals surface area contributed by atoms with Crippen molar-refractivity contribution in [2.75, 3.05) is 6.61 Å². The fourth-order valence-electron chi connectivity index (χ4n) is 7.25. The zero-order valence-electron chi connectivity index (χ0n) is 35.5. The minimum absolute atomic E-state index is 0.0828. The van der Waals surface area contributed by atoms with Crippen LogP contribution in [0.5, 0.6) is 0 Å². The lowest BCUT2D eigenvalue weighted by atomic mass is 9.83. The van der Waals surface area contributed by atoms with Crippen LogP contribution in [0.1, 0.15) is 169 Å². The van der Waals surface area contributed by atoms with Gasteiger partial charge in [-0.2, -0.15) is 0 Å². The summed E-state index contributed by atoms with van der Waals surface area (Å²) in [5.74, 6) is 0.491. The number of ether oxygens (including phenoxy) is 3. The molecule has 310 valence electrons. The van der Waals surface area contributed by atoms with Crippen molar-refractivity contribution in [2.24, 2.45) is 17.8 Å². The lowest BCUT2D eigenvalue weighted by Crippen LogP contribution is -2.27. The van der Waals surface area contributed by atoms with Crippen LogP contribution in [-0.2, 0) is 28.6 Å². The van der Waals surface area contributed by atoms with Crippen molar-refractivity contribution >= 4 is 17.9 Å². The summed E-state index contributed by atoms with van der Waals surface area (Å²) in [6, 6.07) is 0. The van der Waals surface area contributed by atoms with E-state index < -0.39 is 0 Å². The minimum atomic E-state index is -0.230. The summed E-state index contributed by atoms with van der Waals surface area (Å²) in [7, 11) is 0. The van der Waals surface area contributed by atoms with E-state index in [-0.39, 0.29) is 36.0 Å². The fraction of sp³-hybridized carbons (Fsp3) is 0.653. The van der Waals surface area contributed by atoms with Crippen molar-refractivity contribution in [3.8, 4) is 0 Å². The Morgan fingerprint density at radius 1 is 0.618 bits per heavy atom. The molecule has 1 aliphatic carbocycles. The molecule has 0 radical (unpaired) electrons. The first-order valence-electron chi connectivity index (χ1n) is 21.8. The van der Waals surface area contributed by atoms with Crippen molar-refractivity contribution in [3.05, 3.63) is 85.1 Å². The van der Waals surface area contributed by atoms with Crippen molar-refractivity contribution in [1.29, 1.82) is 0 Å². The summed E-state index contributed by atoms with van der Waals surface area (Å²) in [4.78, 5) is 36.0. The van der Waals surface area contributed by atoms with E-state index >= 15 is 0 Å². The highest BCUT2D eigenvalue weighted by molar-refractivity contribution is 5.69. The number of hydrogen-bond donors (Lipinski definition) is 0. The van der Waals surface area contributed by atoms with E-state index in [4.69, 9.17) is 14.2 Å². The molecule has 0 heterocycles. The highest BCUT2D eigenvalue weighted by Gasteiger charge is 2.42. The molecular weight excluding hydrogens is 685 g/mol. The van der Waals surface area contributed by atoms with Crippen molar-refractivity contribution in [2.45, 2.75) is 182 Å². The van der Waals surface area contributed by atoms with Gasteiger partial charge in [-0.05, 0) is 120 Å². The third-order valence-corrected chi connectivity index (χ3v) is 10.2. The Bertz CT molecular complexity index is 1200. The Morgan fingerprint density at radius 3 is 1.76 bits per heavy atom. The predicted molar refractivity (Wildman–Crippen MR) is 230 cm³/mol. The summed E-state index contributed by atoms with van der Waals surface area (Å²) in [5, 5.41) is 0. The van der Waals surface area contributed by atoms with Crippen LogP contribution in [0.2, 0.25) is 0 Å². The molecule has 55 heavy (non-hydrogen) atoms. The van der Waals surface area contributed by atoms with Crippen molar-refractivity contribution < 1.29 is 28.6 Å². The van der Waals surface area contributed by atoms with Gasteiger partial charge in [0.1, 0.15) is 12.2 Å². The minimum Gasteiger partial charge on any atom is -0.466 e. The first-order chi connectivity index (χ1) is 26.8. The first-order valence-corrected chi connectivity index (χ1v) is 21.8. The second kappa shape index (κ2) is 35.0. The summed E-state index contributed by atoms with van der Waals surface area (Å²) >= 11 is 0. The number of carbonyl (C=O) groups is 3. The Balaban J connectivity index is 2.26. The van der Waals surface area contributed by atoms with Crippen molar-refractivity contribution in [1.82, 2.24) is 0 Å². The second-order valence-electron chi connectivity index (χ2n) is 15.1. The smallest absolute Gasteiger partial charge is 0.305 e. The summed E-state index contributed by atoms with van der Waals surface area (Å²) in [6.07, 6.45) is 50.6. The molecule has 0 aromatic carbocycles. The first kappa shape index (κ1) is 49.6. The van der Waals surface area contributed by atoms with E-state index in [0.29, 0.717) is 24.9 Å². The van der Waals surface area contributed by atoms with Crippen LogP contribution in [0.15, 0.2) is 85.1 Å². The van der Waals surface area contributed by atoms with Gasteiger partial charge < -0.3 is 14.2 Å². The molecule has 0 unspecified atom stereocenters. The van der Waals surface area contributed by atoms with Gasteiger partial charge in [0.15, 0.2) is 0 Å². The third-order valence-electron chi connectivity index (χ3n) is 10.2. The number of hydrogen-bond acceptors (Lipinski definition) is 6. The molecule has 0 bridgehead atoms. The lowest BCUT2D eigenvalue weighted by Gasteiger charge is -2.27. The largest absolute Gasteiger partial charge is 0.466 e. The van der Waals surface area contributed by atoms with Crippen LogP contribution in [0.3, 0.4) is 0 Å². The van der Waals surface area contributed by atoms with Crippen LogP contribution in [-0.4, -0.2) is 36.7 Å². The number of carbonyl (C=O) groups excluding carboxylic acids is 3. The quantitative estimate of drug-likeness (QED) is 0.0294. The van der Waals surface area contributed by atoms with Gasteiger partial charge in [-0.15, -0.1) is 0 Å². The Kier molecular flexibility index (Phi) is 31.6. The molecule has 1 saturated carbocycles. The van der Waals surface area contributed by atoms with Crippen LogP contribution >= 0.6 is 0 Å². The Morgan fingerprint density at radius 2 is 1.18 bits per heavy atom. The molecule has 0 N–H and O–H groups in total. The lowest BCUT2D eigenvalue weighted by molar-refractivity contribution is -0.149. The van der Waals surface area contributed by atoms with E-state index in [2.05, 4.69) is 106 Å².